The Morgan fingerprint density at radius 3 is 2.69 bits per heavy atom. The summed E-state index contributed by atoms with van der Waals surface area (Å²) >= 11 is 12.0. The number of hydrogen-bond donors (Lipinski definition) is 1. The number of fused-ring (bicyclic) bond motifs is 1. The molecule has 1 saturated carbocycles. The molecule has 3 nitrogen and oxygen atoms in total. The van der Waals surface area contributed by atoms with E-state index in [4.69, 9.17) is 23.2 Å². The summed E-state index contributed by atoms with van der Waals surface area (Å²) in [5.74, 6) is 0.576. The standard InChI is InChI=1S/C11H16Cl2N2O/c1-6(9-3-11(9,12)13)14-10(16)7-2-8-5-15(8)4-7/h6-9H,2-5H2,1H3,(H,14,16)/t6-,7?,8?,9-,15?/m1/s1. The van der Waals surface area contributed by atoms with Gasteiger partial charge in [0.25, 0.3) is 0 Å². The van der Waals surface area contributed by atoms with Crippen molar-refractivity contribution in [3.63, 3.8) is 0 Å². The lowest BCUT2D eigenvalue weighted by atomic mass is 10.0. The van der Waals surface area contributed by atoms with Gasteiger partial charge in [-0.3, -0.25) is 9.69 Å². The van der Waals surface area contributed by atoms with Gasteiger partial charge < -0.3 is 5.32 Å². The van der Waals surface area contributed by atoms with E-state index in [0.29, 0.717) is 6.04 Å². The summed E-state index contributed by atoms with van der Waals surface area (Å²) in [5.41, 5.74) is 0. The van der Waals surface area contributed by atoms with Crippen LogP contribution in [0.1, 0.15) is 19.8 Å². The molecule has 1 N–H and O–H groups in total. The Morgan fingerprint density at radius 1 is 1.50 bits per heavy atom. The number of rotatable bonds is 3. The number of amides is 1. The zero-order chi connectivity index (χ0) is 11.5. The van der Waals surface area contributed by atoms with Gasteiger partial charge in [-0.15, -0.1) is 23.2 Å². The number of halogens is 2. The number of nitrogens with one attached hydrogen (secondary N) is 1. The first-order valence-electron chi connectivity index (χ1n) is 5.89. The van der Waals surface area contributed by atoms with E-state index in [0.717, 1.165) is 19.4 Å². The van der Waals surface area contributed by atoms with E-state index >= 15 is 0 Å². The molecule has 5 heteroatoms. The predicted octanol–water partition coefficient (Wildman–Crippen LogP) is 1.39. The van der Waals surface area contributed by atoms with Crippen LogP contribution in [0.15, 0.2) is 0 Å². The number of alkyl halides is 2. The average Bonchev–Trinajstić information content (AvgIpc) is 3.04. The maximum Gasteiger partial charge on any atom is 0.224 e. The molecule has 3 unspecified atom stereocenters. The molecule has 0 radical (unpaired) electrons. The molecular formula is C11H16Cl2N2O. The Hall–Kier alpha value is 0.01000. The third-order valence-corrected chi connectivity index (χ3v) is 4.93. The van der Waals surface area contributed by atoms with Crippen molar-refractivity contribution in [2.24, 2.45) is 11.8 Å². The number of nitrogens with zero attached hydrogens (tertiary/aromatic N) is 1. The fraction of sp³-hybridized carbons (Fsp3) is 0.909. The third kappa shape index (κ3) is 1.93. The largest absolute Gasteiger partial charge is 0.353 e. The molecule has 2 aliphatic heterocycles. The molecule has 3 rings (SSSR count). The summed E-state index contributed by atoms with van der Waals surface area (Å²) in [6.45, 7) is 4.11. The van der Waals surface area contributed by atoms with Crippen LogP contribution in [0.4, 0.5) is 0 Å². The van der Waals surface area contributed by atoms with Gasteiger partial charge in [-0.2, -0.15) is 0 Å². The van der Waals surface area contributed by atoms with Crippen LogP contribution < -0.4 is 5.32 Å². The van der Waals surface area contributed by atoms with Crippen molar-refractivity contribution in [1.82, 2.24) is 10.2 Å². The zero-order valence-corrected chi connectivity index (χ0v) is 10.8. The molecule has 1 aliphatic carbocycles. The molecule has 0 aromatic heterocycles. The minimum Gasteiger partial charge on any atom is -0.353 e. The molecular weight excluding hydrogens is 247 g/mol. The highest BCUT2D eigenvalue weighted by Crippen LogP contribution is 2.54. The molecule has 16 heavy (non-hydrogen) atoms. The third-order valence-electron chi connectivity index (χ3n) is 4.06. The minimum absolute atomic E-state index is 0.0921. The highest BCUT2D eigenvalue weighted by atomic mass is 35.5. The van der Waals surface area contributed by atoms with E-state index in [-0.39, 0.29) is 23.8 Å². The summed E-state index contributed by atoms with van der Waals surface area (Å²) in [6.07, 6.45) is 1.81. The number of piperidine rings is 1. The smallest absolute Gasteiger partial charge is 0.224 e. The molecule has 0 spiro atoms. The Labute approximate surface area is 105 Å². The maximum atomic E-state index is 11.9. The van der Waals surface area contributed by atoms with Gasteiger partial charge in [0.05, 0.1) is 5.92 Å². The molecule has 3 aliphatic rings. The van der Waals surface area contributed by atoms with Gasteiger partial charge in [0.1, 0.15) is 4.33 Å². The minimum atomic E-state index is -0.603. The fourth-order valence-electron chi connectivity index (χ4n) is 2.77. The molecule has 0 aromatic rings. The van der Waals surface area contributed by atoms with E-state index in [1.807, 2.05) is 6.92 Å². The molecule has 2 heterocycles. The van der Waals surface area contributed by atoms with Crippen molar-refractivity contribution in [2.75, 3.05) is 13.1 Å². The molecule has 1 amide bonds. The summed E-state index contributed by atoms with van der Waals surface area (Å²) < 4.78 is -0.603. The van der Waals surface area contributed by atoms with E-state index in [1.165, 1.54) is 6.54 Å². The van der Waals surface area contributed by atoms with Crippen LogP contribution >= 0.6 is 23.2 Å². The van der Waals surface area contributed by atoms with Crippen LogP contribution in [-0.2, 0) is 4.79 Å². The van der Waals surface area contributed by atoms with Crippen molar-refractivity contribution in [1.29, 1.82) is 0 Å². The monoisotopic (exact) mass is 262 g/mol. The van der Waals surface area contributed by atoms with Gasteiger partial charge in [-0.05, 0) is 19.8 Å². The Kier molecular flexibility index (Phi) is 2.43. The quantitative estimate of drug-likeness (QED) is 0.616. The molecule has 90 valence electrons. The van der Waals surface area contributed by atoms with Crippen molar-refractivity contribution in [2.45, 2.75) is 36.2 Å². The maximum absolute atomic E-state index is 11.9. The SMILES string of the molecule is C[C@@H](NC(=O)C1CC2CN2C1)[C@H]1CC1(Cl)Cl. The van der Waals surface area contributed by atoms with Gasteiger partial charge in [0, 0.05) is 31.1 Å². The summed E-state index contributed by atoms with van der Waals surface area (Å²) in [7, 11) is 0. The average molecular weight is 263 g/mol. The number of carbonyl (C=O) groups is 1. The molecule has 0 bridgehead atoms. The summed E-state index contributed by atoms with van der Waals surface area (Å²) in [4.78, 5) is 14.3. The fourth-order valence-corrected chi connectivity index (χ4v) is 3.48. The Balaban J connectivity index is 1.49. The topological polar surface area (TPSA) is 32.1 Å². The van der Waals surface area contributed by atoms with Gasteiger partial charge in [-0.25, -0.2) is 0 Å². The van der Waals surface area contributed by atoms with Crippen molar-refractivity contribution in [3.8, 4) is 0 Å². The van der Waals surface area contributed by atoms with E-state index in [1.54, 1.807) is 0 Å². The number of carbonyl (C=O) groups excluding carboxylic acids is 1. The van der Waals surface area contributed by atoms with E-state index in [9.17, 15) is 4.79 Å². The van der Waals surface area contributed by atoms with Crippen molar-refractivity contribution >= 4 is 29.1 Å². The molecule has 2 saturated heterocycles. The van der Waals surface area contributed by atoms with E-state index in [2.05, 4.69) is 10.2 Å². The molecule has 5 atom stereocenters. The van der Waals surface area contributed by atoms with Gasteiger partial charge >= 0.3 is 0 Å². The van der Waals surface area contributed by atoms with Crippen LogP contribution in [0, 0.1) is 11.8 Å². The predicted molar refractivity (Wildman–Crippen MR) is 63.6 cm³/mol. The van der Waals surface area contributed by atoms with Crippen LogP contribution in [0.2, 0.25) is 0 Å². The van der Waals surface area contributed by atoms with Gasteiger partial charge in [0.2, 0.25) is 5.91 Å². The molecule has 0 aromatic carbocycles. The Bertz CT molecular complexity index is 324. The van der Waals surface area contributed by atoms with Crippen molar-refractivity contribution in [3.05, 3.63) is 0 Å². The normalized spacial score (nSPS) is 44.7. The van der Waals surface area contributed by atoms with Crippen LogP contribution in [0.25, 0.3) is 0 Å². The first kappa shape index (κ1) is 11.1. The zero-order valence-electron chi connectivity index (χ0n) is 9.25. The van der Waals surface area contributed by atoms with Gasteiger partial charge in [0.15, 0.2) is 0 Å². The second-order valence-electron chi connectivity index (χ2n) is 5.41. The highest BCUT2D eigenvalue weighted by Gasteiger charge is 2.55. The second-order valence-corrected chi connectivity index (χ2v) is 6.95. The number of hydrogen-bond acceptors (Lipinski definition) is 2. The summed E-state index contributed by atoms with van der Waals surface area (Å²) in [6, 6.07) is 0.779. The first-order valence-corrected chi connectivity index (χ1v) is 6.65. The highest BCUT2D eigenvalue weighted by molar-refractivity contribution is 6.50. The van der Waals surface area contributed by atoms with Gasteiger partial charge in [-0.1, -0.05) is 0 Å². The van der Waals surface area contributed by atoms with Crippen LogP contribution in [0.3, 0.4) is 0 Å². The lowest BCUT2D eigenvalue weighted by molar-refractivity contribution is -0.125. The lowest BCUT2D eigenvalue weighted by Crippen LogP contribution is -2.40. The van der Waals surface area contributed by atoms with Crippen LogP contribution in [0.5, 0.6) is 0 Å². The van der Waals surface area contributed by atoms with Crippen LogP contribution in [-0.4, -0.2) is 40.3 Å². The molecule has 3 fully saturated rings. The first-order chi connectivity index (χ1) is 7.47. The van der Waals surface area contributed by atoms with E-state index < -0.39 is 4.33 Å². The lowest BCUT2D eigenvalue weighted by Gasteiger charge is -2.18. The Morgan fingerprint density at radius 2 is 2.19 bits per heavy atom. The van der Waals surface area contributed by atoms with Crippen molar-refractivity contribution < 1.29 is 4.79 Å². The summed E-state index contributed by atoms with van der Waals surface area (Å²) in [5, 5.41) is 3.05. The second kappa shape index (κ2) is 3.50.